The Morgan fingerprint density at radius 2 is 1.92 bits per heavy atom. The van der Waals surface area contributed by atoms with Gasteiger partial charge in [-0.1, -0.05) is 30.3 Å². The zero-order valence-electron chi connectivity index (χ0n) is 14.0. The molecule has 3 aromatic rings. The summed E-state index contributed by atoms with van der Waals surface area (Å²) in [5.74, 6) is -0.235. The fraction of sp³-hybridized carbons (Fsp3) is 0.250. The topological polar surface area (TPSA) is 42.2 Å². The highest BCUT2D eigenvalue weighted by Crippen LogP contribution is 2.24. The lowest BCUT2D eigenvalue weighted by atomic mass is 10.0. The molecule has 0 fully saturated rings. The summed E-state index contributed by atoms with van der Waals surface area (Å²) in [5, 5.41) is 4.20. The van der Waals surface area contributed by atoms with E-state index in [2.05, 4.69) is 5.32 Å². The Kier molecular flexibility index (Phi) is 4.49. The molecule has 0 saturated carbocycles. The highest BCUT2D eigenvalue weighted by atomic mass is 19.1. The van der Waals surface area contributed by atoms with Crippen LogP contribution in [0, 0.1) is 19.7 Å². The third-order valence-corrected chi connectivity index (χ3v) is 4.49. The summed E-state index contributed by atoms with van der Waals surface area (Å²) in [7, 11) is 0. The molecule has 3 rings (SSSR count). The van der Waals surface area contributed by atoms with E-state index in [1.54, 1.807) is 12.1 Å². The molecule has 24 heavy (non-hydrogen) atoms. The Labute approximate surface area is 140 Å². The maximum Gasteiger partial charge on any atom is 0.336 e. The van der Waals surface area contributed by atoms with Crippen LogP contribution in [0.1, 0.15) is 35.2 Å². The molecule has 0 radical (unpaired) electrons. The molecule has 1 heterocycles. The van der Waals surface area contributed by atoms with Gasteiger partial charge in [-0.15, -0.1) is 0 Å². The monoisotopic (exact) mass is 325 g/mol. The minimum absolute atomic E-state index is 0.167. The lowest BCUT2D eigenvalue weighted by molar-refractivity contribution is 0.523. The van der Waals surface area contributed by atoms with E-state index in [1.807, 2.05) is 39.0 Å². The molecule has 1 unspecified atom stereocenters. The fourth-order valence-electron chi connectivity index (χ4n) is 2.87. The van der Waals surface area contributed by atoms with E-state index in [9.17, 15) is 9.18 Å². The molecule has 1 N–H and O–H groups in total. The second-order valence-electron chi connectivity index (χ2n) is 6.10. The van der Waals surface area contributed by atoms with E-state index in [4.69, 9.17) is 4.42 Å². The average Bonchev–Trinajstić information content (AvgIpc) is 2.56. The summed E-state index contributed by atoms with van der Waals surface area (Å²) in [6.45, 7) is 6.29. The zero-order chi connectivity index (χ0) is 17.3. The second kappa shape index (κ2) is 6.57. The van der Waals surface area contributed by atoms with Crippen LogP contribution in [0.5, 0.6) is 0 Å². The summed E-state index contributed by atoms with van der Waals surface area (Å²) in [4.78, 5) is 11.9. The summed E-state index contributed by atoms with van der Waals surface area (Å²) in [5.41, 5.74) is 3.76. The van der Waals surface area contributed by atoms with Crippen molar-refractivity contribution < 1.29 is 8.81 Å². The minimum atomic E-state index is -0.369. The van der Waals surface area contributed by atoms with Crippen molar-refractivity contribution in [2.24, 2.45) is 0 Å². The molecule has 4 heteroatoms. The maximum atomic E-state index is 13.9. The number of fused-ring (bicyclic) bond motifs is 1. The predicted molar refractivity (Wildman–Crippen MR) is 93.6 cm³/mol. The van der Waals surface area contributed by atoms with Crippen molar-refractivity contribution in [3.8, 4) is 0 Å². The Morgan fingerprint density at radius 1 is 1.17 bits per heavy atom. The Balaban J connectivity index is 1.92. The van der Waals surface area contributed by atoms with E-state index >= 15 is 0 Å². The van der Waals surface area contributed by atoms with Gasteiger partial charge in [-0.05, 0) is 43.5 Å². The van der Waals surface area contributed by atoms with Crippen LogP contribution in [0.25, 0.3) is 11.0 Å². The summed E-state index contributed by atoms with van der Waals surface area (Å²) in [6.07, 6.45) is 0. The minimum Gasteiger partial charge on any atom is -0.422 e. The Hall–Kier alpha value is -2.46. The van der Waals surface area contributed by atoms with Gasteiger partial charge in [0.1, 0.15) is 11.4 Å². The maximum absolute atomic E-state index is 13.9. The van der Waals surface area contributed by atoms with Crippen LogP contribution in [0.15, 0.2) is 51.7 Å². The molecule has 2 aromatic carbocycles. The highest BCUT2D eigenvalue weighted by Gasteiger charge is 2.13. The molecule has 0 spiro atoms. The van der Waals surface area contributed by atoms with E-state index in [-0.39, 0.29) is 17.5 Å². The van der Waals surface area contributed by atoms with Crippen molar-refractivity contribution in [3.63, 3.8) is 0 Å². The largest absolute Gasteiger partial charge is 0.422 e. The van der Waals surface area contributed by atoms with Crippen molar-refractivity contribution >= 4 is 11.0 Å². The van der Waals surface area contributed by atoms with Crippen molar-refractivity contribution in [2.45, 2.75) is 33.4 Å². The fourth-order valence-corrected chi connectivity index (χ4v) is 2.87. The number of hydrogen-bond donors (Lipinski definition) is 1. The number of hydrogen-bond acceptors (Lipinski definition) is 3. The molecule has 1 aromatic heterocycles. The van der Waals surface area contributed by atoms with E-state index in [0.29, 0.717) is 17.7 Å². The third kappa shape index (κ3) is 3.10. The van der Waals surface area contributed by atoms with Crippen LogP contribution in [-0.2, 0) is 6.54 Å². The lowest BCUT2D eigenvalue weighted by Gasteiger charge is -2.16. The smallest absolute Gasteiger partial charge is 0.336 e. The molecule has 1 atom stereocenters. The van der Waals surface area contributed by atoms with Crippen LogP contribution < -0.4 is 10.9 Å². The first-order valence-electron chi connectivity index (χ1n) is 7.98. The van der Waals surface area contributed by atoms with Crippen molar-refractivity contribution in [3.05, 3.63) is 81.0 Å². The average molecular weight is 325 g/mol. The first kappa shape index (κ1) is 16.4. The van der Waals surface area contributed by atoms with Gasteiger partial charge in [0.2, 0.25) is 0 Å². The third-order valence-electron chi connectivity index (χ3n) is 4.49. The number of benzene rings is 2. The number of aryl methyl sites for hydroxylation is 2. The number of nitrogens with one attached hydrogen (secondary N) is 1. The molecule has 0 aliphatic rings. The number of rotatable bonds is 4. The molecular formula is C20H20FNO2. The standard InChI is InChI=1S/C20H20FNO2/c1-12-8-9-17-15(10-19(23)24-20(17)13(12)2)11-22-14(3)16-6-4-5-7-18(16)21/h4-10,14,22H,11H2,1-3H3. The van der Waals surface area contributed by atoms with Gasteiger partial charge in [0.15, 0.2) is 0 Å². The van der Waals surface area contributed by atoms with Crippen molar-refractivity contribution in [2.75, 3.05) is 0 Å². The van der Waals surface area contributed by atoms with Gasteiger partial charge in [-0.3, -0.25) is 0 Å². The molecule has 0 bridgehead atoms. The van der Waals surface area contributed by atoms with E-state index in [0.717, 1.165) is 22.1 Å². The molecule has 3 nitrogen and oxygen atoms in total. The first-order valence-corrected chi connectivity index (χ1v) is 7.98. The SMILES string of the molecule is Cc1ccc2c(CNC(C)c3ccccc3F)cc(=O)oc2c1C. The Bertz CT molecular complexity index is 946. The van der Waals surface area contributed by atoms with Crippen LogP contribution >= 0.6 is 0 Å². The quantitative estimate of drug-likeness (QED) is 0.723. The molecule has 0 saturated heterocycles. The van der Waals surface area contributed by atoms with Crippen LogP contribution in [0.2, 0.25) is 0 Å². The molecular weight excluding hydrogens is 305 g/mol. The summed E-state index contributed by atoms with van der Waals surface area (Å²) in [6, 6.07) is 12.0. The van der Waals surface area contributed by atoms with Crippen LogP contribution in [-0.4, -0.2) is 0 Å². The van der Waals surface area contributed by atoms with Crippen molar-refractivity contribution in [1.82, 2.24) is 5.32 Å². The van der Waals surface area contributed by atoms with Crippen molar-refractivity contribution in [1.29, 1.82) is 0 Å². The molecule has 0 aliphatic carbocycles. The number of halogens is 1. The van der Waals surface area contributed by atoms with E-state index < -0.39 is 0 Å². The molecule has 124 valence electrons. The lowest BCUT2D eigenvalue weighted by Crippen LogP contribution is -2.20. The summed E-state index contributed by atoms with van der Waals surface area (Å²) >= 11 is 0. The predicted octanol–water partition coefficient (Wildman–Crippen LogP) is 4.40. The Morgan fingerprint density at radius 3 is 2.67 bits per heavy atom. The normalized spacial score (nSPS) is 12.5. The van der Waals surface area contributed by atoms with Gasteiger partial charge in [0, 0.05) is 29.6 Å². The second-order valence-corrected chi connectivity index (χ2v) is 6.10. The highest BCUT2D eigenvalue weighted by molar-refractivity contribution is 5.83. The van der Waals surface area contributed by atoms with Gasteiger partial charge in [-0.25, -0.2) is 9.18 Å². The molecule has 0 aliphatic heterocycles. The van der Waals surface area contributed by atoms with Gasteiger partial charge < -0.3 is 9.73 Å². The zero-order valence-corrected chi connectivity index (χ0v) is 14.0. The molecule has 0 amide bonds. The van der Waals surface area contributed by atoms with E-state index in [1.165, 1.54) is 12.1 Å². The van der Waals surface area contributed by atoms with Crippen LogP contribution in [0.3, 0.4) is 0 Å². The van der Waals surface area contributed by atoms with Gasteiger partial charge in [-0.2, -0.15) is 0 Å². The first-order chi connectivity index (χ1) is 11.5. The summed E-state index contributed by atoms with van der Waals surface area (Å²) < 4.78 is 19.3. The van der Waals surface area contributed by atoms with Crippen LogP contribution in [0.4, 0.5) is 4.39 Å². The van der Waals surface area contributed by atoms with Gasteiger partial charge >= 0.3 is 5.63 Å². The van der Waals surface area contributed by atoms with Gasteiger partial charge in [0.05, 0.1) is 0 Å². The van der Waals surface area contributed by atoms with Gasteiger partial charge in [0.25, 0.3) is 0 Å².